The van der Waals surface area contributed by atoms with Crippen LogP contribution in [-0.2, 0) is 11.3 Å². The average Bonchev–Trinajstić information content (AvgIpc) is 3.16. The molecule has 0 aliphatic rings. The van der Waals surface area contributed by atoms with Crippen LogP contribution in [0.4, 0.5) is 0 Å². The zero-order valence-corrected chi connectivity index (χ0v) is 18.9. The molecule has 2 aromatic carbocycles. The molecule has 0 bridgehead atoms. The molecule has 0 spiro atoms. The Kier molecular flexibility index (Phi) is 7.69. The van der Waals surface area contributed by atoms with Crippen molar-refractivity contribution in [1.82, 2.24) is 20.1 Å². The van der Waals surface area contributed by atoms with E-state index >= 15 is 0 Å². The Morgan fingerprint density at radius 2 is 1.77 bits per heavy atom. The van der Waals surface area contributed by atoms with Crippen molar-refractivity contribution in [2.45, 2.75) is 63.5 Å². The molecule has 0 saturated carbocycles. The van der Waals surface area contributed by atoms with Crippen LogP contribution in [0.25, 0.3) is 11.4 Å². The van der Waals surface area contributed by atoms with Crippen molar-refractivity contribution in [1.29, 1.82) is 0 Å². The van der Waals surface area contributed by atoms with E-state index in [2.05, 4.69) is 65.1 Å². The number of benzene rings is 2. The van der Waals surface area contributed by atoms with Gasteiger partial charge in [-0.05, 0) is 38.3 Å². The van der Waals surface area contributed by atoms with E-state index in [9.17, 15) is 4.79 Å². The summed E-state index contributed by atoms with van der Waals surface area (Å²) in [6.07, 6.45) is 1.92. The lowest BCUT2D eigenvalue weighted by molar-refractivity contribution is -0.121. The van der Waals surface area contributed by atoms with Crippen molar-refractivity contribution in [3.05, 3.63) is 65.7 Å². The summed E-state index contributed by atoms with van der Waals surface area (Å²) < 4.78 is 2.08. The van der Waals surface area contributed by atoms with Gasteiger partial charge in [0.2, 0.25) is 5.91 Å². The molecule has 0 unspecified atom stereocenters. The minimum atomic E-state index is -0.271. The summed E-state index contributed by atoms with van der Waals surface area (Å²) >= 11 is 1.46. The lowest BCUT2D eigenvalue weighted by Gasteiger charge is -2.21. The Morgan fingerprint density at radius 3 is 2.43 bits per heavy atom. The number of nitrogens with zero attached hydrogens (tertiary/aromatic N) is 3. The van der Waals surface area contributed by atoms with Gasteiger partial charge in [-0.2, -0.15) is 0 Å². The number of nitrogens with one attached hydrogen (secondary N) is 1. The third-order valence-electron chi connectivity index (χ3n) is 5.17. The van der Waals surface area contributed by atoms with E-state index in [1.165, 1.54) is 11.8 Å². The van der Waals surface area contributed by atoms with Gasteiger partial charge in [-0.3, -0.25) is 4.79 Å². The molecule has 0 aliphatic heterocycles. The van der Waals surface area contributed by atoms with Gasteiger partial charge in [0.1, 0.15) is 0 Å². The van der Waals surface area contributed by atoms with Gasteiger partial charge in [0.05, 0.1) is 11.3 Å². The Morgan fingerprint density at radius 1 is 1.07 bits per heavy atom. The normalized spacial score (nSPS) is 13.1. The molecule has 3 aromatic rings. The Hall–Kier alpha value is -2.60. The largest absolute Gasteiger partial charge is 0.348 e. The van der Waals surface area contributed by atoms with E-state index in [1.54, 1.807) is 0 Å². The number of amides is 1. The second-order valence-electron chi connectivity index (χ2n) is 7.39. The fraction of sp³-hybridized carbons (Fsp3) is 0.375. The van der Waals surface area contributed by atoms with Gasteiger partial charge in [0.25, 0.3) is 0 Å². The highest BCUT2D eigenvalue weighted by Gasteiger charge is 2.23. The maximum Gasteiger partial charge on any atom is 0.233 e. The second kappa shape index (κ2) is 10.4. The molecular weight excluding hydrogens is 392 g/mol. The number of carbonyl (C=O) groups excluding carboxylic acids is 1. The smallest absolute Gasteiger partial charge is 0.233 e. The Bertz CT molecular complexity index is 970. The predicted octanol–water partition coefficient (Wildman–Crippen LogP) is 5.41. The lowest BCUT2D eigenvalue weighted by atomic mass is 10.0. The quantitative estimate of drug-likeness (QED) is 0.468. The van der Waals surface area contributed by atoms with E-state index in [-0.39, 0.29) is 17.2 Å². The summed E-state index contributed by atoms with van der Waals surface area (Å²) in [6, 6.07) is 18.4. The van der Waals surface area contributed by atoms with Crippen molar-refractivity contribution < 1.29 is 4.79 Å². The summed E-state index contributed by atoms with van der Waals surface area (Å²) in [6.45, 7) is 8.96. The van der Waals surface area contributed by atoms with Gasteiger partial charge >= 0.3 is 0 Å². The highest BCUT2D eigenvalue weighted by Crippen LogP contribution is 2.29. The molecule has 6 heteroatoms. The number of thioether (sulfide) groups is 1. The monoisotopic (exact) mass is 422 g/mol. The molecule has 30 heavy (non-hydrogen) atoms. The molecule has 2 atom stereocenters. The molecule has 1 heterocycles. The van der Waals surface area contributed by atoms with Gasteiger partial charge in [0, 0.05) is 12.1 Å². The zero-order chi connectivity index (χ0) is 21.5. The molecule has 0 fully saturated rings. The summed E-state index contributed by atoms with van der Waals surface area (Å²) in [5.74, 6) is 0.865. The maximum absolute atomic E-state index is 12.9. The van der Waals surface area contributed by atoms with Crippen molar-refractivity contribution >= 4 is 17.7 Å². The molecule has 0 saturated heterocycles. The topological polar surface area (TPSA) is 59.8 Å². The van der Waals surface area contributed by atoms with E-state index in [0.29, 0.717) is 0 Å². The second-order valence-corrected chi connectivity index (χ2v) is 8.69. The first kappa shape index (κ1) is 22.1. The fourth-order valence-corrected chi connectivity index (χ4v) is 4.40. The maximum atomic E-state index is 12.9. The van der Waals surface area contributed by atoms with Crippen molar-refractivity contribution in [2.24, 2.45) is 0 Å². The molecule has 1 aromatic heterocycles. The molecule has 5 nitrogen and oxygen atoms in total. The molecule has 0 aliphatic carbocycles. The van der Waals surface area contributed by atoms with E-state index in [1.807, 2.05) is 37.3 Å². The van der Waals surface area contributed by atoms with Crippen LogP contribution < -0.4 is 5.32 Å². The van der Waals surface area contributed by atoms with Gasteiger partial charge in [-0.25, -0.2) is 0 Å². The summed E-state index contributed by atoms with van der Waals surface area (Å²) in [5, 5.41) is 12.5. The van der Waals surface area contributed by atoms with Crippen LogP contribution in [0.2, 0.25) is 0 Å². The molecule has 1 amide bonds. The lowest BCUT2D eigenvalue weighted by Crippen LogP contribution is -2.34. The van der Waals surface area contributed by atoms with Crippen LogP contribution in [0.15, 0.2) is 59.8 Å². The molecule has 1 N–H and O–H groups in total. The molecule has 3 rings (SSSR count). The van der Waals surface area contributed by atoms with Crippen molar-refractivity contribution in [3.63, 3.8) is 0 Å². The van der Waals surface area contributed by atoms with E-state index in [0.717, 1.165) is 47.1 Å². The number of aromatic nitrogens is 3. The minimum Gasteiger partial charge on any atom is -0.348 e. The van der Waals surface area contributed by atoms with Crippen LogP contribution in [0.3, 0.4) is 0 Å². The van der Waals surface area contributed by atoms with Gasteiger partial charge in [-0.15, -0.1) is 10.2 Å². The van der Waals surface area contributed by atoms with Crippen molar-refractivity contribution in [3.8, 4) is 11.4 Å². The number of hydrogen-bond acceptors (Lipinski definition) is 4. The number of carbonyl (C=O) groups is 1. The van der Waals surface area contributed by atoms with Gasteiger partial charge in [0.15, 0.2) is 11.0 Å². The highest BCUT2D eigenvalue weighted by molar-refractivity contribution is 8.00. The van der Waals surface area contributed by atoms with Gasteiger partial charge < -0.3 is 9.88 Å². The highest BCUT2D eigenvalue weighted by atomic mass is 32.2. The van der Waals surface area contributed by atoms with E-state index < -0.39 is 0 Å². The van der Waals surface area contributed by atoms with Crippen LogP contribution in [0, 0.1) is 6.92 Å². The van der Waals surface area contributed by atoms with E-state index in [4.69, 9.17) is 0 Å². The first-order chi connectivity index (χ1) is 14.5. The molecular formula is C24H30N4OS. The minimum absolute atomic E-state index is 0.0189. The summed E-state index contributed by atoms with van der Waals surface area (Å²) in [5.41, 5.74) is 3.37. The number of rotatable bonds is 9. The van der Waals surface area contributed by atoms with Crippen molar-refractivity contribution in [2.75, 3.05) is 0 Å². The zero-order valence-electron chi connectivity index (χ0n) is 18.1. The van der Waals surface area contributed by atoms with Crippen LogP contribution >= 0.6 is 11.8 Å². The third kappa shape index (κ3) is 5.11. The van der Waals surface area contributed by atoms with Crippen LogP contribution in [0.5, 0.6) is 0 Å². The predicted molar refractivity (Wildman–Crippen MR) is 123 cm³/mol. The van der Waals surface area contributed by atoms with Crippen LogP contribution in [0.1, 0.15) is 50.8 Å². The SMILES string of the molecule is CCC[C@H](NC(=O)[C@H](C)Sc1nnc(-c2ccccc2C)n1CC)c1ccccc1. The third-order valence-corrected chi connectivity index (χ3v) is 6.25. The Labute approximate surface area is 183 Å². The first-order valence-corrected chi connectivity index (χ1v) is 11.4. The summed E-state index contributed by atoms with van der Waals surface area (Å²) in [7, 11) is 0. The fourth-order valence-electron chi connectivity index (χ4n) is 3.48. The Balaban J connectivity index is 1.74. The number of aryl methyl sites for hydroxylation is 1. The standard InChI is InChI=1S/C24H30N4OS/c1-5-12-21(19-14-8-7-9-15-19)25-23(29)18(4)30-24-27-26-22(28(24)6-2)20-16-11-10-13-17(20)3/h7-11,13-16,18,21H,5-6,12H2,1-4H3,(H,25,29)/t18-,21-/m0/s1. The average molecular weight is 423 g/mol. The number of hydrogen-bond donors (Lipinski definition) is 1. The summed E-state index contributed by atoms with van der Waals surface area (Å²) in [4.78, 5) is 12.9. The van der Waals surface area contributed by atoms with Crippen LogP contribution in [-0.4, -0.2) is 25.9 Å². The molecule has 0 radical (unpaired) electrons. The molecule has 158 valence electrons. The van der Waals surface area contributed by atoms with Gasteiger partial charge in [-0.1, -0.05) is 79.7 Å². The first-order valence-electron chi connectivity index (χ1n) is 10.6.